The third kappa shape index (κ3) is 7.61. The largest absolute Gasteiger partial charge is 0.493 e. The van der Waals surface area contributed by atoms with Gasteiger partial charge in [0.15, 0.2) is 17.6 Å². The molecular formula is C35H40N2O6. The van der Waals surface area contributed by atoms with Crippen LogP contribution in [-0.2, 0) is 4.79 Å². The maximum Gasteiger partial charge on any atom is 0.352 e. The molecule has 8 nitrogen and oxygen atoms in total. The van der Waals surface area contributed by atoms with Gasteiger partial charge in [0.25, 0.3) is 0 Å². The van der Waals surface area contributed by atoms with Crippen LogP contribution in [-0.4, -0.2) is 25.8 Å². The van der Waals surface area contributed by atoms with Crippen LogP contribution in [0.15, 0.2) is 72.1 Å². The van der Waals surface area contributed by atoms with Gasteiger partial charge in [-0.3, -0.25) is 0 Å². The Balaban J connectivity index is 1.51. The fraction of sp³-hybridized carbons (Fsp3) is 0.371. The van der Waals surface area contributed by atoms with E-state index in [4.69, 9.17) is 29.4 Å². The van der Waals surface area contributed by atoms with Crippen LogP contribution in [0.1, 0.15) is 81.9 Å². The predicted molar refractivity (Wildman–Crippen MR) is 165 cm³/mol. The molecule has 0 saturated carbocycles. The minimum absolute atomic E-state index is 0.0137. The van der Waals surface area contributed by atoms with Crippen LogP contribution in [0.4, 0.5) is 0 Å². The summed E-state index contributed by atoms with van der Waals surface area (Å²) in [5.74, 6) is 1.76. The van der Waals surface area contributed by atoms with Crippen molar-refractivity contribution in [3.8, 4) is 34.8 Å². The van der Waals surface area contributed by atoms with Crippen molar-refractivity contribution in [2.24, 2.45) is 5.73 Å². The van der Waals surface area contributed by atoms with E-state index in [1.54, 1.807) is 32.2 Å². The Morgan fingerprint density at radius 1 is 0.977 bits per heavy atom. The lowest BCUT2D eigenvalue weighted by Crippen LogP contribution is -2.28. The summed E-state index contributed by atoms with van der Waals surface area (Å²) in [5.41, 5.74) is 9.15. The van der Waals surface area contributed by atoms with E-state index in [1.807, 2.05) is 42.5 Å². The molecule has 0 amide bonds. The van der Waals surface area contributed by atoms with E-state index < -0.39 is 18.0 Å². The number of carbonyl (C=O) groups excluding carboxylic acids is 1. The number of benzene rings is 3. The molecule has 4 rings (SSSR count). The van der Waals surface area contributed by atoms with Crippen LogP contribution in [0.5, 0.6) is 28.7 Å². The zero-order valence-corrected chi connectivity index (χ0v) is 25.5. The molecule has 2 unspecified atom stereocenters. The Bertz CT molecular complexity index is 1490. The van der Waals surface area contributed by atoms with Gasteiger partial charge in [-0.25, -0.2) is 4.79 Å². The van der Waals surface area contributed by atoms with Crippen LogP contribution in [0, 0.1) is 11.3 Å². The number of carbonyl (C=O) groups is 1. The van der Waals surface area contributed by atoms with E-state index in [9.17, 15) is 10.1 Å². The number of fused-ring (bicyclic) bond motifs is 1. The standard InChI is InChI=1S/C35H40N2O6/c1-6-7-8-9-18-40-30-17-12-25(19-32(30)39-5)33-28-16-15-27(20-31(28)43-34(37)29(33)21-36)42-35(38)23(4)41-26-13-10-24(11-14-26)22(2)3/h10-17,19-20,22-23,33H,6-9,18,37H2,1-5H3. The van der Waals surface area contributed by atoms with E-state index >= 15 is 0 Å². The zero-order chi connectivity index (χ0) is 30.9. The maximum absolute atomic E-state index is 12.8. The van der Waals surface area contributed by atoms with Gasteiger partial charge < -0.3 is 29.4 Å². The summed E-state index contributed by atoms with van der Waals surface area (Å²) >= 11 is 0. The van der Waals surface area contributed by atoms with Crippen LogP contribution >= 0.6 is 0 Å². The van der Waals surface area contributed by atoms with Crippen LogP contribution in [0.3, 0.4) is 0 Å². The van der Waals surface area contributed by atoms with E-state index in [1.165, 1.54) is 12.0 Å². The SMILES string of the molecule is CCCCCCOc1ccc(C2C(C#N)=C(N)Oc3cc(OC(=O)C(C)Oc4ccc(C(C)C)cc4)ccc32)cc1OC. The Kier molecular flexibility index (Phi) is 10.6. The van der Waals surface area contributed by atoms with Crippen molar-refractivity contribution in [1.82, 2.24) is 0 Å². The number of nitrogens with zero attached hydrogens (tertiary/aromatic N) is 1. The molecule has 0 spiro atoms. The van der Waals surface area contributed by atoms with Gasteiger partial charge in [-0.05, 0) is 60.7 Å². The Labute approximate surface area is 254 Å². The molecule has 8 heteroatoms. The fourth-order valence-corrected chi connectivity index (χ4v) is 4.92. The summed E-state index contributed by atoms with van der Waals surface area (Å²) in [6, 6.07) is 20.5. The third-order valence-corrected chi connectivity index (χ3v) is 7.38. The lowest BCUT2D eigenvalue weighted by atomic mass is 9.83. The molecule has 2 atom stereocenters. The number of hydrogen-bond donors (Lipinski definition) is 1. The summed E-state index contributed by atoms with van der Waals surface area (Å²) in [5, 5.41) is 9.98. The lowest BCUT2D eigenvalue weighted by Gasteiger charge is -2.27. The van der Waals surface area contributed by atoms with Crippen molar-refractivity contribution in [2.75, 3.05) is 13.7 Å². The molecule has 2 N–H and O–H groups in total. The molecule has 0 bridgehead atoms. The highest BCUT2D eigenvalue weighted by molar-refractivity contribution is 5.77. The van der Waals surface area contributed by atoms with Gasteiger partial charge in [0, 0.05) is 11.6 Å². The Hall–Kier alpha value is -4.64. The molecule has 0 saturated heterocycles. The summed E-state index contributed by atoms with van der Waals surface area (Å²) in [6.45, 7) is 8.63. The molecule has 3 aromatic rings. The summed E-state index contributed by atoms with van der Waals surface area (Å²) < 4.78 is 28.8. The molecular weight excluding hydrogens is 544 g/mol. The van der Waals surface area contributed by atoms with E-state index in [-0.39, 0.29) is 17.2 Å². The first kappa shape index (κ1) is 31.3. The minimum atomic E-state index is -0.843. The second-order valence-electron chi connectivity index (χ2n) is 10.8. The van der Waals surface area contributed by atoms with Crippen LogP contribution in [0.2, 0.25) is 0 Å². The van der Waals surface area contributed by atoms with Crippen molar-refractivity contribution >= 4 is 5.97 Å². The highest BCUT2D eigenvalue weighted by atomic mass is 16.6. The molecule has 3 aromatic carbocycles. The van der Waals surface area contributed by atoms with Crippen molar-refractivity contribution < 1.29 is 28.5 Å². The molecule has 1 heterocycles. The zero-order valence-electron chi connectivity index (χ0n) is 25.5. The topological polar surface area (TPSA) is 113 Å². The highest BCUT2D eigenvalue weighted by Crippen LogP contribution is 2.45. The number of unbranched alkanes of at least 4 members (excludes halogenated alkanes) is 3. The Morgan fingerprint density at radius 3 is 2.40 bits per heavy atom. The van der Waals surface area contributed by atoms with Crippen LogP contribution < -0.4 is 29.4 Å². The molecule has 0 aliphatic carbocycles. The van der Waals surface area contributed by atoms with Gasteiger partial charge >= 0.3 is 5.97 Å². The first-order valence-corrected chi connectivity index (χ1v) is 14.8. The van der Waals surface area contributed by atoms with Gasteiger partial charge in [-0.15, -0.1) is 0 Å². The van der Waals surface area contributed by atoms with Gasteiger partial charge in [0.2, 0.25) is 5.88 Å². The minimum Gasteiger partial charge on any atom is -0.493 e. The van der Waals surface area contributed by atoms with Crippen LogP contribution in [0.25, 0.3) is 0 Å². The van der Waals surface area contributed by atoms with E-state index in [2.05, 4.69) is 26.8 Å². The molecule has 1 aliphatic rings. The second kappa shape index (κ2) is 14.5. The lowest BCUT2D eigenvalue weighted by molar-refractivity contribution is -0.141. The number of esters is 1. The van der Waals surface area contributed by atoms with Gasteiger partial charge in [-0.1, -0.05) is 64.3 Å². The van der Waals surface area contributed by atoms with Crippen molar-refractivity contribution in [2.45, 2.75) is 71.3 Å². The van der Waals surface area contributed by atoms with Gasteiger partial charge in [0.1, 0.15) is 28.9 Å². The number of hydrogen-bond acceptors (Lipinski definition) is 8. The van der Waals surface area contributed by atoms with Crippen molar-refractivity contribution in [3.05, 3.63) is 88.8 Å². The van der Waals surface area contributed by atoms with Gasteiger partial charge in [0.05, 0.1) is 19.6 Å². The molecule has 226 valence electrons. The van der Waals surface area contributed by atoms with Crippen molar-refractivity contribution in [3.63, 3.8) is 0 Å². The summed E-state index contributed by atoms with van der Waals surface area (Å²) in [4.78, 5) is 12.8. The van der Waals surface area contributed by atoms with Crippen molar-refractivity contribution in [1.29, 1.82) is 5.26 Å². The number of rotatable bonds is 13. The average molecular weight is 585 g/mol. The number of ether oxygens (including phenoxy) is 5. The van der Waals surface area contributed by atoms with E-state index in [0.29, 0.717) is 41.1 Å². The molecule has 0 radical (unpaired) electrons. The fourth-order valence-electron chi connectivity index (χ4n) is 4.92. The first-order valence-electron chi connectivity index (χ1n) is 14.8. The molecule has 43 heavy (non-hydrogen) atoms. The maximum atomic E-state index is 12.8. The molecule has 0 aromatic heterocycles. The number of methoxy groups -OCH3 is 1. The smallest absolute Gasteiger partial charge is 0.352 e. The average Bonchev–Trinajstić information content (AvgIpc) is 3.00. The highest BCUT2D eigenvalue weighted by Gasteiger charge is 2.32. The quantitative estimate of drug-likeness (QED) is 0.126. The van der Waals surface area contributed by atoms with E-state index in [0.717, 1.165) is 24.8 Å². The molecule has 1 aliphatic heterocycles. The second-order valence-corrected chi connectivity index (χ2v) is 10.8. The first-order chi connectivity index (χ1) is 20.7. The third-order valence-electron chi connectivity index (χ3n) is 7.38. The van der Waals surface area contributed by atoms with Gasteiger partial charge in [-0.2, -0.15) is 5.26 Å². The normalized spacial score (nSPS) is 14.8. The molecule has 0 fully saturated rings. The monoisotopic (exact) mass is 584 g/mol. The Morgan fingerprint density at radius 2 is 1.72 bits per heavy atom. The summed E-state index contributed by atoms with van der Waals surface area (Å²) in [6.07, 6.45) is 3.57. The number of allylic oxidation sites excluding steroid dienone is 1. The summed E-state index contributed by atoms with van der Waals surface area (Å²) in [7, 11) is 1.59. The number of nitriles is 1. The number of nitrogens with two attached hydrogens (primary N) is 1. The predicted octanol–water partition coefficient (Wildman–Crippen LogP) is 7.37.